The Balaban J connectivity index is 2.46. The Kier molecular flexibility index (Phi) is 6.43. The number of aliphatic hydroxyl groups is 1. The van der Waals surface area contributed by atoms with Crippen molar-refractivity contribution in [2.45, 2.75) is 20.0 Å². The monoisotopic (exact) mass is 240 g/mol. The van der Waals surface area contributed by atoms with E-state index in [4.69, 9.17) is 19.3 Å². The van der Waals surface area contributed by atoms with E-state index in [1.54, 1.807) is 13.2 Å². The molecule has 0 bridgehead atoms. The zero-order valence-electron chi connectivity index (χ0n) is 10.4. The van der Waals surface area contributed by atoms with E-state index in [-0.39, 0.29) is 6.61 Å². The Hall–Kier alpha value is -1.26. The first kappa shape index (κ1) is 13.8. The molecule has 0 saturated heterocycles. The minimum Gasteiger partial charge on any atom is -0.493 e. The fourth-order valence-electron chi connectivity index (χ4n) is 1.42. The van der Waals surface area contributed by atoms with Gasteiger partial charge in [0.15, 0.2) is 11.5 Å². The zero-order valence-corrected chi connectivity index (χ0v) is 10.4. The van der Waals surface area contributed by atoms with E-state index in [1.807, 2.05) is 19.1 Å². The predicted octanol–water partition coefficient (Wildman–Crippen LogP) is 1.99. The van der Waals surface area contributed by atoms with Gasteiger partial charge in [0.05, 0.1) is 20.3 Å². The molecule has 0 atom stereocenters. The van der Waals surface area contributed by atoms with Crippen molar-refractivity contribution >= 4 is 0 Å². The molecule has 0 aliphatic carbocycles. The number of rotatable bonds is 8. The highest BCUT2D eigenvalue weighted by Gasteiger charge is 2.05. The zero-order chi connectivity index (χ0) is 12.5. The lowest BCUT2D eigenvalue weighted by Gasteiger charge is -2.11. The highest BCUT2D eigenvalue weighted by Crippen LogP contribution is 2.28. The first-order valence-corrected chi connectivity index (χ1v) is 5.80. The molecule has 0 spiro atoms. The van der Waals surface area contributed by atoms with Gasteiger partial charge in [0, 0.05) is 19.6 Å². The molecule has 0 amide bonds. The molecule has 1 rings (SSSR count). The molecule has 0 fully saturated rings. The Bertz CT molecular complexity index is 325. The van der Waals surface area contributed by atoms with Crippen LogP contribution in [0.4, 0.5) is 0 Å². The van der Waals surface area contributed by atoms with Gasteiger partial charge in [0.1, 0.15) is 0 Å². The van der Waals surface area contributed by atoms with E-state index in [1.165, 1.54) is 0 Å². The summed E-state index contributed by atoms with van der Waals surface area (Å²) in [6, 6.07) is 5.41. The van der Waals surface area contributed by atoms with Gasteiger partial charge in [-0.15, -0.1) is 0 Å². The maximum absolute atomic E-state index is 9.01. The molecular weight excluding hydrogens is 220 g/mol. The maximum Gasteiger partial charge on any atom is 0.161 e. The van der Waals surface area contributed by atoms with Crippen LogP contribution in [0.3, 0.4) is 0 Å². The average Bonchev–Trinajstić information content (AvgIpc) is 2.38. The number of hydrogen-bond donors (Lipinski definition) is 1. The number of aliphatic hydroxyl groups excluding tert-OH is 1. The molecule has 0 aromatic heterocycles. The summed E-state index contributed by atoms with van der Waals surface area (Å²) < 4.78 is 16.0. The smallest absolute Gasteiger partial charge is 0.161 e. The standard InChI is InChI=1S/C13H20O4/c1-3-16-7-4-8-17-12-6-5-11(10-14)9-13(12)15-2/h5-6,9,14H,3-4,7-8,10H2,1-2H3. The third-order valence-corrected chi connectivity index (χ3v) is 2.31. The van der Waals surface area contributed by atoms with E-state index in [9.17, 15) is 0 Å². The van der Waals surface area contributed by atoms with Crippen molar-refractivity contribution in [3.8, 4) is 11.5 Å². The van der Waals surface area contributed by atoms with Crippen molar-refractivity contribution in [3.05, 3.63) is 23.8 Å². The highest BCUT2D eigenvalue weighted by molar-refractivity contribution is 5.42. The van der Waals surface area contributed by atoms with E-state index >= 15 is 0 Å². The lowest BCUT2D eigenvalue weighted by molar-refractivity contribution is 0.130. The maximum atomic E-state index is 9.01. The fraction of sp³-hybridized carbons (Fsp3) is 0.538. The van der Waals surface area contributed by atoms with Crippen LogP contribution in [0, 0.1) is 0 Å². The third-order valence-electron chi connectivity index (χ3n) is 2.31. The van der Waals surface area contributed by atoms with Gasteiger partial charge < -0.3 is 19.3 Å². The summed E-state index contributed by atoms with van der Waals surface area (Å²) in [6.07, 6.45) is 0.846. The minimum absolute atomic E-state index is 0.000972. The Morgan fingerprint density at radius 1 is 1.18 bits per heavy atom. The minimum atomic E-state index is 0.000972. The fourth-order valence-corrected chi connectivity index (χ4v) is 1.42. The third kappa shape index (κ3) is 4.63. The quantitative estimate of drug-likeness (QED) is 0.706. The second-order valence-corrected chi connectivity index (χ2v) is 3.54. The topological polar surface area (TPSA) is 47.9 Å². The van der Waals surface area contributed by atoms with Gasteiger partial charge in [-0.3, -0.25) is 0 Å². The van der Waals surface area contributed by atoms with Gasteiger partial charge in [-0.05, 0) is 24.6 Å². The van der Waals surface area contributed by atoms with Crippen LogP contribution >= 0.6 is 0 Å². The summed E-state index contributed by atoms with van der Waals surface area (Å²) in [7, 11) is 1.59. The van der Waals surface area contributed by atoms with Crippen LogP contribution in [0.25, 0.3) is 0 Å². The van der Waals surface area contributed by atoms with Crippen LogP contribution in [0.1, 0.15) is 18.9 Å². The van der Waals surface area contributed by atoms with Crippen molar-refractivity contribution in [2.24, 2.45) is 0 Å². The molecule has 0 aliphatic heterocycles. The number of methoxy groups -OCH3 is 1. The van der Waals surface area contributed by atoms with Crippen molar-refractivity contribution < 1.29 is 19.3 Å². The SMILES string of the molecule is CCOCCCOc1ccc(CO)cc1OC. The van der Waals surface area contributed by atoms with Crippen LogP contribution in [-0.2, 0) is 11.3 Å². The van der Waals surface area contributed by atoms with E-state index in [0.717, 1.165) is 18.6 Å². The normalized spacial score (nSPS) is 10.3. The summed E-state index contributed by atoms with van der Waals surface area (Å²) in [4.78, 5) is 0. The van der Waals surface area contributed by atoms with Gasteiger partial charge >= 0.3 is 0 Å². The summed E-state index contributed by atoms with van der Waals surface area (Å²) in [5, 5.41) is 9.01. The van der Waals surface area contributed by atoms with Crippen LogP contribution < -0.4 is 9.47 Å². The molecule has 17 heavy (non-hydrogen) atoms. The molecule has 4 nitrogen and oxygen atoms in total. The second-order valence-electron chi connectivity index (χ2n) is 3.54. The molecule has 96 valence electrons. The Morgan fingerprint density at radius 3 is 2.65 bits per heavy atom. The second kappa shape index (κ2) is 7.92. The van der Waals surface area contributed by atoms with Gasteiger partial charge in [-0.1, -0.05) is 6.07 Å². The lowest BCUT2D eigenvalue weighted by atomic mass is 10.2. The molecular formula is C13H20O4. The molecule has 1 N–H and O–H groups in total. The predicted molar refractivity (Wildman–Crippen MR) is 65.5 cm³/mol. The molecule has 0 unspecified atom stereocenters. The van der Waals surface area contributed by atoms with Crippen LogP contribution in [0.5, 0.6) is 11.5 Å². The first-order valence-electron chi connectivity index (χ1n) is 5.80. The largest absolute Gasteiger partial charge is 0.493 e. The van der Waals surface area contributed by atoms with Crippen LogP contribution in [0.2, 0.25) is 0 Å². The van der Waals surface area contributed by atoms with Gasteiger partial charge in [-0.25, -0.2) is 0 Å². The molecule has 0 saturated carbocycles. The Labute approximate surface area is 102 Å². The first-order chi connectivity index (χ1) is 8.31. The lowest BCUT2D eigenvalue weighted by Crippen LogP contribution is -2.04. The van der Waals surface area contributed by atoms with Crippen molar-refractivity contribution in [1.82, 2.24) is 0 Å². The average molecular weight is 240 g/mol. The van der Waals surface area contributed by atoms with Crippen LogP contribution in [0.15, 0.2) is 18.2 Å². The number of hydrogen-bond acceptors (Lipinski definition) is 4. The molecule has 1 aromatic rings. The van der Waals surface area contributed by atoms with Crippen molar-refractivity contribution in [1.29, 1.82) is 0 Å². The summed E-state index contributed by atoms with van der Waals surface area (Å²) in [5.74, 6) is 1.34. The molecule has 0 heterocycles. The number of ether oxygens (including phenoxy) is 3. The van der Waals surface area contributed by atoms with Gasteiger partial charge in [-0.2, -0.15) is 0 Å². The van der Waals surface area contributed by atoms with Crippen molar-refractivity contribution in [3.63, 3.8) is 0 Å². The summed E-state index contributed by atoms with van der Waals surface area (Å²) in [5.41, 5.74) is 0.809. The summed E-state index contributed by atoms with van der Waals surface area (Å²) >= 11 is 0. The molecule has 1 aromatic carbocycles. The highest BCUT2D eigenvalue weighted by atomic mass is 16.5. The Morgan fingerprint density at radius 2 is 2.00 bits per heavy atom. The van der Waals surface area contributed by atoms with E-state index in [2.05, 4.69) is 0 Å². The van der Waals surface area contributed by atoms with Crippen LogP contribution in [-0.4, -0.2) is 32.0 Å². The molecule has 4 heteroatoms. The van der Waals surface area contributed by atoms with Gasteiger partial charge in [0.2, 0.25) is 0 Å². The van der Waals surface area contributed by atoms with E-state index < -0.39 is 0 Å². The number of benzene rings is 1. The van der Waals surface area contributed by atoms with E-state index in [0.29, 0.717) is 24.7 Å². The van der Waals surface area contributed by atoms with Crippen molar-refractivity contribution in [2.75, 3.05) is 26.9 Å². The summed E-state index contributed by atoms with van der Waals surface area (Å²) in [6.45, 7) is 4.00. The van der Waals surface area contributed by atoms with Gasteiger partial charge in [0.25, 0.3) is 0 Å². The molecule has 0 aliphatic rings. The molecule has 0 radical (unpaired) electrons.